The van der Waals surface area contributed by atoms with E-state index in [2.05, 4.69) is 31.0 Å². The first-order valence-corrected chi connectivity index (χ1v) is 6.77. The Morgan fingerprint density at radius 3 is 2.75 bits per heavy atom. The number of piperidine rings is 1. The third-order valence-corrected chi connectivity index (χ3v) is 3.69. The highest BCUT2D eigenvalue weighted by Gasteiger charge is 2.27. The maximum Gasteiger partial charge on any atom is 0.0468 e. The molecule has 96 valence electrons. The summed E-state index contributed by atoms with van der Waals surface area (Å²) >= 11 is 0. The molecule has 0 spiro atoms. The Morgan fingerprint density at radius 2 is 2.19 bits per heavy atom. The monoisotopic (exact) mass is 228 g/mol. The van der Waals surface area contributed by atoms with Gasteiger partial charge in [-0.25, -0.2) is 0 Å². The molecule has 3 unspecified atom stereocenters. The number of likely N-dealkylation sites (tertiary alicyclic amines) is 1. The quantitative estimate of drug-likeness (QED) is 0.720. The summed E-state index contributed by atoms with van der Waals surface area (Å²) < 4.78 is 0. The lowest BCUT2D eigenvalue weighted by atomic mass is 9.89. The number of aliphatic hydroxyl groups excluding tert-OH is 1. The van der Waals surface area contributed by atoms with Crippen LogP contribution in [0.3, 0.4) is 0 Å². The second-order valence-corrected chi connectivity index (χ2v) is 5.17. The smallest absolute Gasteiger partial charge is 0.0468 e. The Bertz CT molecular complexity index is 187. The van der Waals surface area contributed by atoms with Crippen LogP contribution >= 0.6 is 0 Å². The van der Waals surface area contributed by atoms with Gasteiger partial charge >= 0.3 is 0 Å². The van der Waals surface area contributed by atoms with Crippen LogP contribution in [0.5, 0.6) is 0 Å². The molecular weight excluding hydrogens is 200 g/mol. The summed E-state index contributed by atoms with van der Waals surface area (Å²) in [5.41, 5.74) is 0. The van der Waals surface area contributed by atoms with Crippen molar-refractivity contribution in [2.75, 3.05) is 32.8 Å². The molecule has 0 amide bonds. The van der Waals surface area contributed by atoms with E-state index in [4.69, 9.17) is 5.11 Å². The fraction of sp³-hybridized carbons (Fsp3) is 1.00. The van der Waals surface area contributed by atoms with Gasteiger partial charge in [0.2, 0.25) is 0 Å². The topological polar surface area (TPSA) is 35.5 Å². The van der Waals surface area contributed by atoms with Crippen molar-refractivity contribution in [3.63, 3.8) is 0 Å². The molecule has 2 N–H and O–H groups in total. The maximum absolute atomic E-state index is 9.09. The Morgan fingerprint density at radius 1 is 1.44 bits per heavy atom. The minimum Gasteiger partial charge on any atom is -0.396 e. The highest BCUT2D eigenvalue weighted by Crippen LogP contribution is 2.20. The van der Waals surface area contributed by atoms with E-state index in [0.29, 0.717) is 18.6 Å². The number of rotatable bonds is 6. The van der Waals surface area contributed by atoms with Crippen molar-refractivity contribution in [1.82, 2.24) is 10.2 Å². The van der Waals surface area contributed by atoms with Gasteiger partial charge in [0.05, 0.1) is 0 Å². The van der Waals surface area contributed by atoms with Crippen molar-refractivity contribution in [2.45, 2.75) is 39.7 Å². The van der Waals surface area contributed by atoms with Gasteiger partial charge in [-0.05, 0) is 31.3 Å². The summed E-state index contributed by atoms with van der Waals surface area (Å²) in [7, 11) is 0. The molecule has 3 nitrogen and oxygen atoms in total. The first kappa shape index (κ1) is 13.9. The molecule has 1 saturated heterocycles. The van der Waals surface area contributed by atoms with Crippen molar-refractivity contribution in [3.05, 3.63) is 0 Å². The van der Waals surface area contributed by atoms with Crippen molar-refractivity contribution < 1.29 is 5.11 Å². The van der Waals surface area contributed by atoms with E-state index < -0.39 is 0 Å². The molecule has 3 heteroatoms. The zero-order valence-electron chi connectivity index (χ0n) is 11.1. The van der Waals surface area contributed by atoms with Crippen molar-refractivity contribution in [1.29, 1.82) is 0 Å². The minimum absolute atomic E-state index is 0.309. The SMILES string of the molecule is CCNC1CCN(CC(C)CO)CC1CC. The number of hydrogen-bond acceptors (Lipinski definition) is 3. The second-order valence-electron chi connectivity index (χ2n) is 5.17. The first-order valence-electron chi connectivity index (χ1n) is 6.77. The zero-order valence-corrected chi connectivity index (χ0v) is 11.1. The molecule has 0 aliphatic carbocycles. The van der Waals surface area contributed by atoms with Crippen LogP contribution in [-0.4, -0.2) is 48.8 Å². The highest BCUT2D eigenvalue weighted by molar-refractivity contribution is 4.84. The van der Waals surface area contributed by atoms with E-state index in [9.17, 15) is 0 Å². The van der Waals surface area contributed by atoms with Crippen molar-refractivity contribution >= 4 is 0 Å². The summed E-state index contributed by atoms with van der Waals surface area (Å²) in [6.45, 7) is 11.4. The Balaban J connectivity index is 2.39. The highest BCUT2D eigenvalue weighted by atomic mass is 16.3. The molecule has 0 aromatic carbocycles. The van der Waals surface area contributed by atoms with Gasteiger partial charge in [-0.2, -0.15) is 0 Å². The van der Waals surface area contributed by atoms with Crippen LogP contribution in [0.1, 0.15) is 33.6 Å². The molecule has 3 atom stereocenters. The third-order valence-electron chi connectivity index (χ3n) is 3.69. The Labute approximate surface area is 100 Å². The molecular formula is C13H28N2O. The lowest BCUT2D eigenvalue weighted by Gasteiger charge is -2.39. The Hall–Kier alpha value is -0.120. The lowest BCUT2D eigenvalue weighted by molar-refractivity contribution is 0.105. The van der Waals surface area contributed by atoms with Crippen LogP contribution in [0.25, 0.3) is 0 Å². The largest absolute Gasteiger partial charge is 0.396 e. The van der Waals surface area contributed by atoms with E-state index in [1.807, 2.05) is 0 Å². The van der Waals surface area contributed by atoms with Crippen molar-refractivity contribution in [2.24, 2.45) is 11.8 Å². The molecule has 0 aromatic rings. The molecule has 1 aliphatic heterocycles. The van der Waals surface area contributed by atoms with Crippen LogP contribution < -0.4 is 5.32 Å². The van der Waals surface area contributed by atoms with Gasteiger partial charge in [0.25, 0.3) is 0 Å². The van der Waals surface area contributed by atoms with Gasteiger partial charge in [0.1, 0.15) is 0 Å². The summed E-state index contributed by atoms with van der Waals surface area (Å²) in [5.74, 6) is 1.19. The van der Waals surface area contributed by atoms with Crippen LogP contribution in [0.2, 0.25) is 0 Å². The number of aliphatic hydroxyl groups is 1. The minimum atomic E-state index is 0.309. The summed E-state index contributed by atoms with van der Waals surface area (Å²) in [5, 5.41) is 12.7. The molecule has 1 rings (SSSR count). The average Bonchev–Trinajstić information content (AvgIpc) is 2.31. The molecule has 1 aliphatic rings. The van der Waals surface area contributed by atoms with Crippen LogP contribution in [0.15, 0.2) is 0 Å². The van der Waals surface area contributed by atoms with Crippen molar-refractivity contribution in [3.8, 4) is 0 Å². The standard InChI is InChI=1S/C13H28N2O/c1-4-12-9-15(8-11(3)10-16)7-6-13(12)14-5-2/h11-14,16H,4-10H2,1-3H3. The van der Waals surface area contributed by atoms with E-state index in [1.165, 1.54) is 25.9 Å². The van der Waals surface area contributed by atoms with Gasteiger partial charge in [0, 0.05) is 25.7 Å². The van der Waals surface area contributed by atoms with Crippen LogP contribution in [0.4, 0.5) is 0 Å². The van der Waals surface area contributed by atoms with Gasteiger partial charge in [-0.1, -0.05) is 27.2 Å². The molecule has 1 fully saturated rings. The number of hydrogen-bond donors (Lipinski definition) is 2. The molecule has 0 aromatic heterocycles. The third kappa shape index (κ3) is 4.04. The Kier molecular flexibility index (Phi) is 6.32. The average molecular weight is 228 g/mol. The predicted octanol–water partition coefficient (Wildman–Crippen LogP) is 1.32. The van der Waals surface area contributed by atoms with Gasteiger partial charge in [-0.15, -0.1) is 0 Å². The van der Waals surface area contributed by atoms with E-state index in [1.54, 1.807) is 0 Å². The lowest BCUT2D eigenvalue weighted by Crippen LogP contribution is -2.50. The second kappa shape index (κ2) is 7.25. The molecule has 0 bridgehead atoms. The molecule has 16 heavy (non-hydrogen) atoms. The molecule has 0 radical (unpaired) electrons. The normalized spacial score (nSPS) is 29.2. The maximum atomic E-state index is 9.09. The van der Waals surface area contributed by atoms with Crippen LogP contribution in [0, 0.1) is 11.8 Å². The van der Waals surface area contributed by atoms with Crippen LogP contribution in [-0.2, 0) is 0 Å². The van der Waals surface area contributed by atoms with Gasteiger partial charge < -0.3 is 15.3 Å². The summed E-state index contributed by atoms with van der Waals surface area (Å²) in [4.78, 5) is 2.52. The predicted molar refractivity (Wildman–Crippen MR) is 68.6 cm³/mol. The first-order chi connectivity index (χ1) is 7.71. The summed E-state index contributed by atoms with van der Waals surface area (Å²) in [6, 6.07) is 0.704. The fourth-order valence-corrected chi connectivity index (χ4v) is 2.72. The fourth-order valence-electron chi connectivity index (χ4n) is 2.72. The zero-order chi connectivity index (χ0) is 12.0. The summed E-state index contributed by atoms with van der Waals surface area (Å²) in [6.07, 6.45) is 2.51. The number of nitrogens with zero attached hydrogens (tertiary/aromatic N) is 1. The van der Waals surface area contributed by atoms with Gasteiger partial charge in [-0.3, -0.25) is 0 Å². The van der Waals surface area contributed by atoms with Gasteiger partial charge in [0.15, 0.2) is 0 Å². The molecule has 0 saturated carbocycles. The molecule has 1 heterocycles. The van der Waals surface area contributed by atoms with E-state index >= 15 is 0 Å². The van der Waals surface area contributed by atoms with E-state index in [0.717, 1.165) is 19.0 Å². The van der Waals surface area contributed by atoms with E-state index in [-0.39, 0.29) is 0 Å². The number of nitrogens with one attached hydrogen (secondary N) is 1.